The molecular weight excluding hydrogens is 442 g/mol. The van der Waals surface area contributed by atoms with E-state index in [4.69, 9.17) is 9.47 Å². The van der Waals surface area contributed by atoms with Gasteiger partial charge in [-0.3, -0.25) is 4.90 Å². The second kappa shape index (κ2) is 14.4. The molecule has 35 heavy (non-hydrogen) atoms. The van der Waals surface area contributed by atoms with Crippen LogP contribution in [0.5, 0.6) is 5.75 Å². The third kappa shape index (κ3) is 8.91. The van der Waals surface area contributed by atoms with Gasteiger partial charge in [0.15, 0.2) is 0 Å². The number of nitrogens with one attached hydrogen (secondary N) is 2. The summed E-state index contributed by atoms with van der Waals surface area (Å²) in [5, 5.41) is 5.34. The van der Waals surface area contributed by atoms with Crippen molar-refractivity contribution < 1.29 is 19.1 Å². The van der Waals surface area contributed by atoms with Gasteiger partial charge in [0.2, 0.25) is 0 Å². The third-order valence-corrected chi connectivity index (χ3v) is 5.87. The van der Waals surface area contributed by atoms with Gasteiger partial charge in [0.1, 0.15) is 12.4 Å². The molecule has 7 nitrogen and oxygen atoms in total. The second-order valence-electron chi connectivity index (χ2n) is 9.08. The predicted molar refractivity (Wildman–Crippen MR) is 140 cm³/mol. The maximum absolute atomic E-state index is 12.3. The summed E-state index contributed by atoms with van der Waals surface area (Å²) in [5.74, 6) is 0.497. The van der Waals surface area contributed by atoms with Gasteiger partial charge in [0, 0.05) is 36.7 Å². The van der Waals surface area contributed by atoms with Crippen molar-refractivity contribution in [2.24, 2.45) is 0 Å². The van der Waals surface area contributed by atoms with Gasteiger partial charge in [-0.15, -0.1) is 0 Å². The molecule has 2 amide bonds. The van der Waals surface area contributed by atoms with Crippen LogP contribution in [0.15, 0.2) is 48.5 Å². The van der Waals surface area contributed by atoms with Crippen LogP contribution in [0.2, 0.25) is 0 Å². The van der Waals surface area contributed by atoms with E-state index in [1.807, 2.05) is 44.2 Å². The molecule has 0 bridgehead atoms. The lowest BCUT2D eigenvalue weighted by Crippen LogP contribution is -2.38. The SMILES string of the molecule is CCNC(=O)OCc1ccc(OC(=O)NCC)c(C(CCN(C(C)C)C(C)C)c2ccccc2)c1. The summed E-state index contributed by atoms with van der Waals surface area (Å²) in [6.45, 7) is 14.5. The summed E-state index contributed by atoms with van der Waals surface area (Å²) in [7, 11) is 0. The van der Waals surface area contributed by atoms with Crippen LogP contribution in [0.1, 0.15) is 70.6 Å². The lowest BCUT2D eigenvalue weighted by Gasteiger charge is -2.32. The molecule has 192 valence electrons. The summed E-state index contributed by atoms with van der Waals surface area (Å²) < 4.78 is 11.1. The molecule has 0 aliphatic rings. The predicted octanol–water partition coefficient (Wildman–Crippen LogP) is 5.68. The largest absolute Gasteiger partial charge is 0.445 e. The van der Waals surface area contributed by atoms with Gasteiger partial charge < -0.3 is 20.1 Å². The molecule has 2 N–H and O–H groups in total. The standard InChI is InChI=1S/C28H41N3O4/c1-7-29-27(32)34-19-22-14-15-26(35-28(33)30-8-2)25(18-22)24(23-12-10-9-11-13-23)16-17-31(20(3)4)21(5)6/h9-15,18,20-21,24H,7-8,16-17,19H2,1-6H3,(H,29,32)(H,30,33). The number of alkyl carbamates (subject to hydrolysis) is 1. The highest BCUT2D eigenvalue weighted by Gasteiger charge is 2.23. The van der Waals surface area contributed by atoms with Crippen LogP contribution in [0.25, 0.3) is 0 Å². The molecular formula is C28H41N3O4. The topological polar surface area (TPSA) is 79.9 Å². The Hall–Kier alpha value is -3.06. The normalized spacial score (nSPS) is 12.0. The van der Waals surface area contributed by atoms with E-state index in [2.05, 4.69) is 55.4 Å². The van der Waals surface area contributed by atoms with E-state index in [-0.39, 0.29) is 12.5 Å². The van der Waals surface area contributed by atoms with Crippen molar-refractivity contribution in [2.75, 3.05) is 19.6 Å². The van der Waals surface area contributed by atoms with Gasteiger partial charge in [0.05, 0.1) is 0 Å². The molecule has 2 aromatic rings. The van der Waals surface area contributed by atoms with Crippen LogP contribution < -0.4 is 15.4 Å². The van der Waals surface area contributed by atoms with Gasteiger partial charge >= 0.3 is 12.2 Å². The third-order valence-electron chi connectivity index (χ3n) is 5.87. The fourth-order valence-electron chi connectivity index (χ4n) is 4.26. The lowest BCUT2D eigenvalue weighted by atomic mass is 9.86. The number of ether oxygens (including phenoxy) is 2. The van der Waals surface area contributed by atoms with E-state index in [0.29, 0.717) is 30.9 Å². The van der Waals surface area contributed by atoms with Crippen LogP contribution >= 0.6 is 0 Å². The Balaban J connectivity index is 2.46. The molecule has 2 aromatic carbocycles. The fraction of sp³-hybridized carbons (Fsp3) is 0.500. The smallest absolute Gasteiger partial charge is 0.412 e. The van der Waals surface area contributed by atoms with E-state index >= 15 is 0 Å². The monoisotopic (exact) mass is 483 g/mol. The molecule has 0 aliphatic carbocycles. The number of benzene rings is 2. The Bertz CT molecular complexity index is 923. The van der Waals surface area contributed by atoms with Crippen molar-refractivity contribution in [1.29, 1.82) is 0 Å². The minimum absolute atomic E-state index is 0.00922. The van der Waals surface area contributed by atoms with E-state index in [9.17, 15) is 9.59 Å². The number of nitrogens with zero attached hydrogens (tertiary/aromatic N) is 1. The fourth-order valence-corrected chi connectivity index (χ4v) is 4.26. The molecule has 0 spiro atoms. The molecule has 0 saturated carbocycles. The summed E-state index contributed by atoms with van der Waals surface area (Å²) in [6.07, 6.45) is -0.106. The Morgan fingerprint density at radius 3 is 2.11 bits per heavy atom. The highest BCUT2D eigenvalue weighted by atomic mass is 16.6. The molecule has 0 fully saturated rings. The second-order valence-corrected chi connectivity index (χ2v) is 9.08. The zero-order valence-corrected chi connectivity index (χ0v) is 22.0. The first-order valence-corrected chi connectivity index (χ1v) is 12.6. The first kappa shape index (κ1) is 28.2. The number of rotatable bonds is 12. The van der Waals surface area contributed by atoms with Gasteiger partial charge in [-0.05, 0) is 77.8 Å². The quantitative estimate of drug-likeness (QED) is 0.406. The minimum Gasteiger partial charge on any atom is -0.445 e. The molecule has 7 heteroatoms. The number of carbonyl (C=O) groups is 2. The lowest BCUT2D eigenvalue weighted by molar-refractivity contribution is 0.140. The Labute approximate surface area is 210 Å². The molecule has 0 radical (unpaired) electrons. The maximum atomic E-state index is 12.3. The number of hydrogen-bond donors (Lipinski definition) is 2. The van der Waals surface area contributed by atoms with Crippen LogP contribution in [0.3, 0.4) is 0 Å². The van der Waals surface area contributed by atoms with E-state index in [1.54, 1.807) is 6.07 Å². The Morgan fingerprint density at radius 2 is 1.51 bits per heavy atom. The van der Waals surface area contributed by atoms with Crippen molar-refractivity contribution in [3.05, 3.63) is 65.2 Å². The highest BCUT2D eigenvalue weighted by Crippen LogP contribution is 2.36. The van der Waals surface area contributed by atoms with Crippen molar-refractivity contribution in [1.82, 2.24) is 15.5 Å². The van der Waals surface area contributed by atoms with Gasteiger partial charge in [0.25, 0.3) is 0 Å². The molecule has 1 unspecified atom stereocenters. The average Bonchev–Trinajstić information content (AvgIpc) is 2.82. The summed E-state index contributed by atoms with van der Waals surface area (Å²) >= 11 is 0. The van der Waals surface area contributed by atoms with E-state index in [1.165, 1.54) is 0 Å². The zero-order valence-electron chi connectivity index (χ0n) is 22.0. The first-order valence-electron chi connectivity index (χ1n) is 12.6. The van der Waals surface area contributed by atoms with Crippen molar-refractivity contribution in [3.8, 4) is 5.75 Å². The molecule has 0 aromatic heterocycles. The van der Waals surface area contributed by atoms with E-state index < -0.39 is 12.2 Å². The number of hydrogen-bond acceptors (Lipinski definition) is 5. The van der Waals surface area contributed by atoms with Crippen LogP contribution in [0.4, 0.5) is 9.59 Å². The highest BCUT2D eigenvalue weighted by molar-refractivity contribution is 5.71. The van der Waals surface area contributed by atoms with E-state index in [0.717, 1.165) is 29.7 Å². The molecule has 2 rings (SSSR count). The molecule has 0 heterocycles. The van der Waals surface area contributed by atoms with Crippen molar-refractivity contribution >= 4 is 12.2 Å². The summed E-state index contributed by atoms with van der Waals surface area (Å²) in [4.78, 5) is 26.6. The van der Waals surface area contributed by atoms with Crippen LogP contribution in [-0.2, 0) is 11.3 Å². The number of amides is 2. The first-order chi connectivity index (χ1) is 16.8. The van der Waals surface area contributed by atoms with Crippen LogP contribution in [0, 0.1) is 0 Å². The van der Waals surface area contributed by atoms with Crippen molar-refractivity contribution in [2.45, 2.75) is 72.6 Å². The van der Waals surface area contributed by atoms with Gasteiger partial charge in [-0.1, -0.05) is 36.4 Å². The van der Waals surface area contributed by atoms with Gasteiger partial charge in [-0.2, -0.15) is 0 Å². The maximum Gasteiger partial charge on any atom is 0.412 e. The van der Waals surface area contributed by atoms with Crippen molar-refractivity contribution in [3.63, 3.8) is 0 Å². The average molecular weight is 484 g/mol. The van der Waals surface area contributed by atoms with Crippen LogP contribution in [-0.4, -0.2) is 48.8 Å². The molecule has 0 saturated heterocycles. The number of carbonyl (C=O) groups excluding carboxylic acids is 2. The van der Waals surface area contributed by atoms with Gasteiger partial charge in [-0.25, -0.2) is 9.59 Å². The summed E-state index contributed by atoms with van der Waals surface area (Å²) in [6, 6.07) is 16.7. The Kier molecular flexibility index (Phi) is 11.6. The summed E-state index contributed by atoms with van der Waals surface area (Å²) in [5.41, 5.74) is 2.87. The minimum atomic E-state index is -0.488. The molecule has 1 atom stereocenters. The molecule has 0 aliphatic heterocycles. The Morgan fingerprint density at radius 1 is 0.886 bits per heavy atom. The zero-order chi connectivity index (χ0) is 25.8.